The molecular weight excluding hydrogens is 462 g/mol. The largest absolute Gasteiger partial charge is 0.491 e. The van der Waals surface area contributed by atoms with Gasteiger partial charge in [-0.3, -0.25) is 14.7 Å². The summed E-state index contributed by atoms with van der Waals surface area (Å²) in [5, 5.41) is 0. The monoisotopic (exact) mass is 493 g/mol. The number of anilines is 2. The van der Waals surface area contributed by atoms with Crippen LogP contribution < -0.4 is 15.4 Å². The van der Waals surface area contributed by atoms with Crippen molar-refractivity contribution in [3.8, 4) is 16.9 Å². The number of hydrogen-bond acceptors (Lipinski definition) is 5. The number of aryl methyl sites for hydroxylation is 2. The SMILES string of the molecule is NCCOCCOc1cccc(N2C(=O)Cc3ccc(-c4cncc(CCc5ccccc5)c4)cc32)c1. The van der Waals surface area contributed by atoms with Gasteiger partial charge >= 0.3 is 0 Å². The summed E-state index contributed by atoms with van der Waals surface area (Å²) in [6, 6.07) is 26.5. The predicted octanol–water partition coefficient (Wildman–Crippen LogP) is 5.11. The summed E-state index contributed by atoms with van der Waals surface area (Å²) < 4.78 is 11.2. The van der Waals surface area contributed by atoms with Gasteiger partial charge in [0, 0.05) is 30.6 Å². The van der Waals surface area contributed by atoms with Crippen molar-refractivity contribution in [3.05, 3.63) is 108 Å². The summed E-state index contributed by atoms with van der Waals surface area (Å²) in [6.07, 6.45) is 6.09. The van der Waals surface area contributed by atoms with Crippen molar-refractivity contribution in [1.29, 1.82) is 0 Å². The molecule has 1 aliphatic rings. The number of fused-ring (bicyclic) bond motifs is 1. The molecule has 2 heterocycles. The number of nitrogens with two attached hydrogens (primary N) is 1. The van der Waals surface area contributed by atoms with Gasteiger partial charge < -0.3 is 15.2 Å². The normalized spacial score (nSPS) is 12.6. The van der Waals surface area contributed by atoms with Gasteiger partial charge in [0.15, 0.2) is 0 Å². The quantitative estimate of drug-likeness (QED) is 0.294. The van der Waals surface area contributed by atoms with Crippen LogP contribution in [0.4, 0.5) is 11.4 Å². The summed E-state index contributed by atoms with van der Waals surface area (Å²) in [5.41, 5.74) is 12.7. The van der Waals surface area contributed by atoms with Gasteiger partial charge in [0.2, 0.25) is 5.91 Å². The lowest BCUT2D eigenvalue weighted by Crippen LogP contribution is -2.20. The molecule has 188 valence electrons. The van der Waals surface area contributed by atoms with Gasteiger partial charge in [-0.1, -0.05) is 48.5 Å². The van der Waals surface area contributed by atoms with Crippen molar-refractivity contribution in [1.82, 2.24) is 4.98 Å². The second kappa shape index (κ2) is 11.8. The molecule has 0 atom stereocenters. The standard InChI is InChI=1S/C31H31N3O3/c32-13-14-36-15-16-37-29-8-4-7-28(20-29)34-30-18-25(11-12-26(30)19-31(34)35)27-17-24(21-33-22-27)10-9-23-5-2-1-3-6-23/h1-8,11-12,17-18,20-22H,9-10,13-16,19,32H2. The number of pyridine rings is 1. The maximum absolute atomic E-state index is 13.0. The Balaban J connectivity index is 1.34. The van der Waals surface area contributed by atoms with Crippen LogP contribution in [0.5, 0.6) is 5.75 Å². The first-order valence-electron chi connectivity index (χ1n) is 12.7. The van der Waals surface area contributed by atoms with Gasteiger partial charge in [-0.2, -0.15) is 0 Å². The first-order chi connectivity index (χ1) is 18.2. The molecule has 6 nitrogen and oxygen atoms in total. The van der Waals surface area contributed by atoms with E-state index < -0.39 is 0 Å². The third-order valence-corrected chi connectivity index (χ3v) is 6.43. The van der Waals surface area contributed by atoms with Gasteiger partial charge in [0.25, 0.3) is 0 Å². The molecule has 1 aliphatic heterocycles. The van der Waals surface area contributed by atoms with Gasteiger partial charge in [-0.25, -0.2) is 0 Å². The van der Waals surface area contributed by atoms with Crippen LogP contribution in [0.15, 0.2) is 91.3 Å². The van der Waals surface area contributed by atoms with E-state index in [0.717, 1.165) is 40.9 Å². The highest BCUT2D eigenvalue weighted by molar-refractivity contribution is 6.08. The lowest BCUT2D eigenvalue weighted by molar-refractivity contribution is -0.116. The summed E-state index contributed by atoms with van der Waals surface area (Å²) in [4.78, 5) is 19.3. The molecule has 0 bridgehead atoms. The molecule has 0 spiro atoms. The Morgan fingerprint density at radius 1 is 0.811 bits per heavy atom. The topological polar surface area (TPSA) is 77.7 Å². The smallest absolute Gasteiger partial charge is 0.236 e. The van der Waals surface area contributed by atoms with E-state index in [1.54, 1.807) is 4.90 Å². The second-order valence-corrected chi connectivity index (χ2v) is 9.06. The van der Waals surface area contributed by atoms with Gasteiger partial charge in [0.05, 0.1) is 31.0 Å². The number of rotatable bonds is 11. The van der Waals surface area contributed by atoms with Crippen molar-refractivity contribution in [2.75, 3.05) is 31.3 Å². The molecule has 6 heteroatoms. The minimum absolute atomic E-state index is 0.0466. The molecule has 3 aromatic carbocycles. The minimum Gasteiger partial charge on any atom is -0.491 e. The van der Waals surface area contributed by atoms with E-state index in [9.17, 15) is 4.79 Å². The highest BCUT2D eigenvalue weighted by Gasteiger charge is 2.29. The Morgan fingerprint density at radius 2 is 1.68 bits per heavy atom. The summed E-state index contributed by atoms with van der Waals surface area (Å²) >= 11 is 0. The number of aromatic nitrogens is 1. The summed E-state index contributed by atoms with van der Waals surface area (Å²) in [7, 11) is 0. The van der Waals surface area contributed by atoms with Crippen molar-refractivity contribution in [3.63, 3.8) is 0 Å². The van der Waals surface area contributed by atoms with E-state index in [1.165, 1.54) is 11.1 Å². The van der Waals surface area contributed by atoms with Gasteiger partial charge in [0.1, 0.15) is 12.4 Å². The van der Waals surface area contributed by atoms with Crippen LogP contribution in [0.25, 0.3) is 11.1 Å². The maximum atomic E-state index is 13.0. The third kappa shape index (κ3) is 6.05. The van der Waals surface area contributed by atoms with E-state index in [1.807, 2.05) is 48.8 Å². The van der Waals surface area contributed by atoms with E-state index in [4.69, 9.17) is 15.2 Å². The predicted molar refractivity (Wildman–Crippen MR) is 146 cm³/mol. The molecule has 1 amide bonds. The summed E-state index contributed by atoms with van der Waals surface area (Å²) in [5.74, 6) is 0.742. The van der Waals surface area contributed by atoms with E-state index in [0.29, 0.717) is 38.5 Å². The number of carbonyl (C=O) groups is 1. The van der Waals surface area contributed by atoms with Gasteiger partial charge in [-0.15, -0.1) is 0 Å². The van der Waals surface area contributed by atoms with Crippen LogP contribution in [0.3, 0.4) is 0 Å². The molecule has 0 radical (unpaired) electrons. The number of nitrogens with zero attached hydrogens (tertiary/aromatic N) is 2. The molecule has 37 heavy (non-hydrogen) atoms. The fraction of sp³-hybridized carbons (Fsp3) is 0.226. The first-order valence-corrected chi connectivity index (χ1v) is 12.7. The average molecular weight is 494 g/mol. The number of hydrogen-bond donors (Lipinski definition) is 1. The number of ether oxygens (including phenoxy) is 2. The fourth-order valence-electron chi connectivity index (χ4n) is 4.59. The molecule has 0 fully saturated rings. The lowest BCUT2D eigenvalue weighted by Gasteiger charge is -2.19. The molecular formula is C31H31N3O3. The Kier molecular flexibility index (Phi) is 7.89. The van der Waals surface area contributed by atoms with Crippen LogP contribution in [-0.2, 0) is 28.8 Å². The van der Waals surface area contributed by atoms with E-state index in [2.05, 4.69) is 47.4 Å². The lowest BCUT2D eigenvalue weighted by atomic mass is 10.00. The molecule has 0 unspecified atom stereocenters. The van der Waals surface area contributed by atoms with Crippen LogP contribution >= 0.6 is 0 Å². The molecule has 5 rings (SSSR count). The Bertz CT molecular complexity index is 1360. The Labute approximate surface area is 217 Å². The zero-order valence-corrected chi connectivity index (χ0v) is 20.8. The van der Waals surface area contributed by atoms with Crippen molar-refractivity contribution < 1.29 is 14.3 Å². The number of carbonyl (C=O) groups excluding carboxylic acids is 1. The second-order valence-electron chi connectivity index (χ2n) is 9.06. The van der Waals surface area contributed by atoms with Crippen LogP contribution in [-0.4, -0.2) is 37.3 Å². The van der Waals surface area contributed by atoms with E-state index in [-0.39, 0.29) is 5.91 Å². The fourth-order valence-corrected chi connectivity index (χ4v) is 4.59. The highest BCUT2D eigenvalue weighted by Crippen LogP contribution is 2.39. The zero-order chi connectivity index (χ0) is 25.5. The van der Waals surface area contributed by atoms with Crippen LogP contribution in [0.1, 0.15) is 16.7 Å². The minimum atomic E-state index is 0.0466. The Hall–Kier alpha value is -4.00. The molecule has 2 N–H and O–H groups in total. The first kappa shape index (κ1) is 24.7. The molecule has 1 aromatic heterocycles. The maximum Gasteiger partial charge on any atom is 0.236 e. The van der Waals surface area contributed by atoms with Crippen molar-refractivity contribution in [2.24, 2.45) is 5.73 Å². The number of benzene rings is 3. The van der Waals surface area contributed by atoms with Crippen molar-refractivity contribution >= 4 is 17.3 Å². The third-order valence-electron chi connectivity index (χ3n) is 6.43. The van der Waals surface area contributed by atoms with Crippen molar-refractivity contribution in [2.45, 2.75) is 19.3 Å². The highest BCUT2D eigenvalue weighted by atomic mass is 16.5. The van der Waals surface area contributed by atoms with E-state index >= 15 is 0 Å². The molecule has 0 aliphatic carbocycles. The van der Waals surface area contributed by atoms with Crippen LogP contribution in [0, 0.1) is 0 Å². The van der Waals surface area contributed by atoms with Gasteiger partial charge in [-0.05, 0) is 59.4 Å². The Morgan fingerprint density at radius 3 is 2.54 bits per heavy atom. The molecule has 4 aromatic rings. The number of amides is 1. The molecule has 0 saturated carbocycles. The average Bonchev–Trinajstić information content (AvgIpc) is 3.27. The van der Waals surface area contributed by atoms with Crippen LogP contribution in [0.2, 0.25) is 0 Å². The zero-order valence-electron chi connectivity index (χ0n) is 20.8. The summed E-state index contributed by atoms with van der Waals surface area (Å²) in [6.45, 7) is 1.89. The molecule has 0 saturated heterocycles.